The van der Waals surface area contributed by atoms with E-state index in [0.29, 0.717) is 30.5 Å². The Labute approximate surface area is 197 Å². The molecule has 2 heterocycles. The number of aryl methyl sites for hydroxylation is 1. The summed E-state index contributed by atoms with van der Waals surface area (Å²) in [6, 6.07) is 13.3. The van der Waals surface area contributed by atoms with Crippen LogP contribution in [-0.2, 0) is 21.2 Å². The van der Waals surface area contributed by atoms with Gasteiger partial charge in [-0.25, -0.2) is 13.4 Å². The van der Waals surface area contributed by atoms with Crippen LogP contribution in [0.2, 0.25) is 0 Å². The van der Waals surface area contributed by atoms with Gasteiger partial charge in [-0.3, -0.25) is 9.36 Å². The maximum atomic E-state index is 13.6. The summed E-state index contributed by atoms with van der Waals surface area (Å²) in [4.78, 5) is 17.0. The first-order chi connectivity index (χ1) is 16.3. The van der Waals surface area contributed by atoms with E-state index in [9.17, 15) is 22.0 Å². The van der Waals surface area contributed by atoms with E-state index in [2.05, 4.69) is 10.3 Å². The number of carbonyl (C=O) groups excluding carboxylic acids is 1. The van der Waals surface area contributed by atoms with Crippen molar-refractivity contribution in [1.82, 2.24) is 19.2 Å². The van der Waals surface area contributed by atoms with Gasteiger partial charge in [-0.15, -0.1) is 0 Å². The lowest BCUT2D eigenvalue weighted by Crippen LogP contribution is -2.29. The summed E-state index contributed by atoms with van der Waals surface area (Å²) in [5, 5.41) is 2.79. The van der Waals surface area contributed by atoms with Crippen LogP contribution in [0.15, 0.2) is 53.4 Å². The van der Waals surface area contributed by atoms with Gasteiger partial charge in [-0.05, 0) is 49.1 Å². The van der Waals surface area contributed by atoms with Gasteiger partial charge < -0.3 is 5.32 Å². The number of rotatable bonds is 9. The molecule has 1 aliphatic rings. The Morgan fingerprint density at radius 3 is 2.44 bits per heavy atom. The molecule has 2 aromatic carbocycles. The Balaban J connectivity index is 1.32. The van der Waals surface area contributed by atoms with Crippen molar-refractivity contribution in [2.24, 2.45) is 0 Å². The number of fused-ring (bicyclic) bond motifs is 1. The molecule has 0 bridgehead atoms. The summed E-state index contributed by atoms with van der Waals surface area (Å²) in [5.41, 5.74) is 1.70. The molecule has 1 aliphatic heterocycles. The lowest BCUT2D eigenvalue weighted by Gasteiger charge is -2.16. The first-order valence-electron chi connectivity index (χ1n) is 11.4. The fraction of sp³-hybridized carbons (Fsp3) is 0.417. The normalized spacial score (nSPS) is 15.8. The number of alkyl halides is 2. The Hall–Kier alpha value is -2.85. The molecule has 1 fully saturated rings. The summed E-state index contributed by atoms with van der Waals surface area (Å²) in [6.45, 7) is 0.312. The van der Waals surface area contributed by atoms with Crippen molar-refractivity contribution in [3.05, 3.63) is 59.9 Å². The van der Waals surface area contributed by atoms with Crippen LogP contribution in [0.3, 0.4) is 0 Å². The number of aromatic nitrogens is 2. The monoisotopic (exact) mass is 490 g/mol. The number of benzene rings is 2. The van der Waals surface area contributed by atoms with Crippen LogP contribution in [0.5, 0.6) is 0 Å². The zero-order chi connectivity index (χ0) is 24.3. The van der Waals surface area contributed by atoms with Crippen LogP contribution in [0, 0.1) is 0 Å². The standard InChI is InChI=1S/C24H28F2N4O3S/c1-17(23-28-20-6-2-3-7-21(20)30(23)24(25)26)16-27-22(31)13-10-18-8-11-19(12-9-18)34(32,33)29-14-4-5-15-29/h2-3,6-9,11-12,17,24H,4-5,10,13-16H2,1H3,(H,27,31). The number of para-hydroxylation sites is 2. The molecule has 4 rings (SSSR count). The highest BCUT2D eigenvalue weighted by Crippen LogP contribution is 2.27. The van der Waals surface area contributed by atoms with E-state index >= 15 is 0 Å². The molecule has 0 spiro atoms. The van der Waals surface area contributed by atoms with Gasteiger partial charge in [0.1, 0.15) is 5.82 Å². The molecular formula is C24H28F2N4O3S. The van der Waals surface area contributed by atoms with Gasteiger partial charge in [0.05, 0.1) is 15.9 Å². The van der Waals surface area contributed by atoms with Gasteiger partial charge in [-0.2, -0.15) is 13.1 Å². The predicted molar refractivity (Wildman–Crippen MR) is 125 cm³/mol. The van der Waals surface area contributed by atoms with E-state index < -0.39 is 22.5 Å². The largest absolute Gasteiger partial charge is 0.355 e. The number of nitrogens with one attached hydrogen (secondary N) is 1. The van der Waals surface area contributed by atoms with E-state index in [1.807, 2.05) is 0 Å². The van der Waals surface area contributed by atoms with Crippen molar-refractivity contribution in [2.45, 2.75) is 50.0 Å². The number of amides is 1. The summed E-state index contributed by atoms with van der Waals surface area (Å²) < 4.78 is 54.9. The second-order valence-corrected chi connectivity index (χ2v) is 10.5. The average molecular weight is 491 g/mol. The highest BCUT2D eigenvalue weighted by molar-refractivity contribution is 7.89. The predicted octanol–water partition coefficient (Wildman–Crippen LogP) is 4.07. The SMILES string of the molecule is CC(CNC(=O)CCc1ccc(S(=O)(=O)N2CCCC2)cc1)c1nc2ccccc2n1C(F)F. The molecule has 1 unspecified atom stereocenters. The molecule has 0 aliphatic carbocycles. The Morgan fingerprint density at radius 2 is 1.76 bits per heavy atom. The third kappa shape index (κ3) is 5.12. The minimum atomic E-state index is -3.46. The van der Waals surface area contributed by atoms with Crippen LogP contribution >= 0.6 is 0 Å². The molecule has 7 nitrogen and oxygen atoms in total. The Morgan fingerprint density at radius 1 is 1.09 bits per heavy atom. The third-order valence-electron chi connectivity index (χ3n) is 6.13. The molecule has 10 heteroatoms. The molecule has 1 atom stereocenters. The van der Waals surface area contributed by atoms with Gasteiger partial charge in [0.25, 0.3) is 0 Å². The van der Waals surface area contributed by atoms with Crippen molar-refractivity contribution < 1.29 is 22.0 Å². The summed E-state index contributed by atoms with van der Waals surface area (Å²) in [7, 11) is -3.46. The topological polar surface area (TPSA) is 84.3 Å². The number of nitrogens with zero attached hydrogens (tertiary/aromatic N) is 3. The number of hydrogen-bond donors (Lipinski definition) is 1. The molecule has 0 radical (unpaired) electrons. The number of sulfonamides is 1. The summed E-state index contributed by atoms with van der Waals surface area (Å²) in [6.07, 6.45) is 2.41. The van der Waals surface area contributed by atoms with Gasteiger partial charge in [0.2, 0.25) is 15.9 Å². The van der Waals surface area contributed by atoms with E-state index in [1.54, 1.807) is 55.5 Å². The fourth-order valence-electron chi connectivity index (χ4n) is 4.23. The van der Waals surface area contributed by atoms with Gasteiger partial charge in [0.15, 0.2) is 0 Å². The maximum absolute atomic E-state index is 13.6. The molecule has 1 N–H and O–H groups in total. The van der Waals surface area contributed by atoms with Crippen molar-refractivity contribution in [3.8, 4) is 0 Å². The van der Waals surface area contributed by atoms with Crippen LogP contribution in [-0.4, -0.2) is 47.8 Å². The molecule has 34 heavy (non-hydrogen) atoms. The lowest BCUT2D eigenvalue weighted by molar-refractivity contribution is -0.121. The second-order valence-electron chi connectivity index (χ2n) is 8.57. The maximum Gasteiger partial charge on any atom is 0.320 e. The smallest absolute Gasteiger partial charge is 0.320 e. The summed E-state index contributed by atoms with van der Waals surface area (Å²) >= 11 is 0. The second kappa shape index (κ2) is 10.2. The van der Waals surface area contributed by atoms with Crippen LogP contribution < -0.4 is 5.32 Å². The molecule has 1 aromatic heterocycles. The van der Waals surface area contributed by atoms with E-state index in [4.69, 9.17) is 0 Å². The summed E-state index contributed by atoms with van der Waals surface area (Å²) in [5.74, 6) is -0.382. The first-order valence-corrected chi connectivity index (χ1v) is 12.8. The Kier molecular flexibility index (Phi) is 7.27. The molecule has 1 amide bonds. The van der Waals surface area contributed by atoms with Crippen molar-refractivity contribution >= 4 is 27.0 Å². The highest BCUT2D eigenvalue weighted by atomic mass is 32.2. The van der Waals surface area contributed by atoms with Gasteiger partial charge >= 0.3 is 6.55 Å². The van der Waals surface area contributed by atoms with Crippen LogP contribution in [0.4, 0.5) is 8.78 Å². The van der Waals surface area contributed by atoms with Crippen molar-refractivity contribution in [1.29, 1.82) is 0 Å². The van der Waals surface area contributed by atoms with Gasteiger partial charge in [0, 0.05) is 32.0 Å². The molecule has 182 valence electrons. The average Bonchev–Trinajstić information content (AvgIpc) is 3.50. The van der Waals surface area contributed by atoms with E-state index in [1.165, 1.54) is 4.31 Å². The van der Waals surface area contributed by atoms with Crippen molar-refractivity contribution in [2.75, 3.05) is 19.6 Å². The molecule has 1 saturated heterocycles. The highest BCUT2D eigenvalue weighted by Gasteiger charge is 2.27. The zero-order valence-electron chi connectivity index (χ0n) is 19.0. The first kappa shape index (κ1) is 24.3. The minimum Gasteiger partial charge on any atom is -0.355 e. The number of imidazole rings is 1. The van der Waals surface area contributed by atoms with Crippen LogP contribution in [0.25, 0.3) is 11.0 Å². The third-order valence-corrected chi connectivity index (χ3v) is 8.04. The fourth-order valence-corrected chi connectivity index (χ4v) is 5.74. The Bertz CT molecular complexity index is 1250. The minimum absolute atomic E-state index is 0.182. The zero-order valence-corrected chi connectivity index (χ0v) is 19.8. The van der Waals surface area contributed by atoms with Gasteiger partial charge in [-0.1, -0.05) is 31.2 Å². The molecule has 3 aromatic rings. The molecule has 0 saturated carbocycles. The number of halogens is 2. The number of hydrogen-bond acceptors (Lipinski definition) is 4. The van der Waals surface area contributed by atoms with E-state index in [-0.39, 0.29) is 29.6 Å². The molecular weight excluding hydrogens is 462 g/mol. The quantitative estimate of drug-likeness (QED) is 0.490. The van der Waals surface area contributed by atoms with E-state index in [0.717, 1.165) is 23.0 Å². The number of carbonyl (C=O) groups is 1. The van der Waals surface area contributed by atoms with Crippen LogP contribution in [0.1, 0.15) is 50.0 Å². The lowest BCUT2D eigenvalue weighted by atomic mass is 10.1. The van der Waals surface area contributed by atoms with Crippen molar-refractivity contribution in [3.63, 3.8) is 0 Å².